The summed E-state index contributed by atoms with van der Waals surface area (Å²) in [6.07, 6.45) is 2.26. The molecule has 0 radical (unpaired) electrons. The minimum absolute atomic E-state index is 0.0692. The van der Waals surface area contributed by atoms with Crippen molar-refractivity contribution in [1.82, 2.24) is 9.71 Å². The van der Waals surface area contributed by atoms with E-state index in [0.717, 1.165) is 5.69 Å². The maximum absolute atomic E-state index is 11.9. The molecule has 2 rings (SSSR count). The normalized spacial score (nSPS) is 11.4. The van der Waals surface area contributed by atoms with Gasteiger partial charge in [0.05, 0.1) is 5.75 Å². The second kappa shape index (κ2) is 6.49. The Morgan fingerprint density at radius 3 is 2.70 bits per heavy atom. The van der Waals surface area contributed by atoms with Crippen LogP contribution in [0.25, 0.3) is 0 Å². The first kappa shape index (κ1) is 14.5. The summed E-state index contributed by atoms with van der Waals surface area (Å²) in [5, 5.41) is 0. The zero-order valence-corrected chi connectivity index (χ0v) is 11.8. The Morgan fingerprint density at radius 2 is 2.00 bits per heavy atom. The van der Waals surface area contributed by atoms with Crippen LogP contribution in [0.3, 0.4) is 0 Å². The lowest BCUT2D eigenvalue weighted by atomic mass is 10.2. The molecule has 0 aliphatic rings. The molecule has 3 N–H and O–H groups in total. The fourth-order valence-corrected chi connectivity index (χ4v) is 2.97. The number of aromatic nitrogens is 1. The molecule has 0 amide bonds. The number of nitrogens with one attached hydrogen (secondary N) is 1. The molecule has 1 aromatic carbocycles. The number of pyridine rings is 1. The number of hydrogen-bond acceptors (Lipinski definition) is 4. The third kappa shape index (κ3) is 4.64. The summed E-state index contributed by atoms with van der Waals surface area (Å²) in [5.41, 5.74) is 7.73. The van der Waals surface area contributed by atoms with Gasteiger partial charge in [0.25, 0.3) is 0 Å². The first-order valence-corrected chi connectivity index (χ1v) is 7.92. The zero-order chi connectivity index (χ0) is 14.4. The van der Waals surface area contributed by atoms with E-state index in [0.29, 0.717) is 24.2 Å². The molecule has 2 aromatic rings. The quantitative estimate of drug-likeness (QED) is 0.786. The van der Waals surface area contributed by atoms with Gasteiger partial charge in [-0.3, -0.25) is 4.98 Å². The summed E-state index contributed by atoms with van der Waals surface area (Å²) in [5.74, 6) is -0.0692. The molecule has 0 aliphatic heterocycles. The summed E-state index contributed by atoms with van der Waals surface area (Å²) in [4.78, 5) is 4.14. The van der Waals surface area contributed by atoms with Gasteiger partial charge >= 0.3 is 0 Å². The molecule has 0 fully saturated rings. The summed E-state index contributed by atoms with van der Waals surface area (Å²) >= 11 is 0. The van der Waals surface area contributed by atoms with E-state index in [2.05, 4.69) is 9.71 Å². The largest absolute Gasteiger partial charge is 0.399 e. The second-order valence-corrected chi connectivity index (χ2v) is 6.28. The van der Waals surface area contributed by atoms with Gasteiger partial charge in [0.1, 0.15) is 0 Å². The van der Waals surface area contributed by atoms with Crippen molar-refractivity contribution in [3.05, 3.63) is 59.9 Å². The molecule has 1 heterocycles. The predicted octanol–water partition coefficient (Wildman–Crippen LogP) is 1.33. The average Bonchev–Trinajstić information content (AvgIpc) is 2.39. The van der Waals surface area contributed by atoms with Crippen LogP contribution < -0.4 is 10.5 Å². The van der Waals surface area contributed by atoms with E-state index in [-0.39, 0.29) is 5.75 Å². The number of nitrogens with two attached hydrogens (primary N) is 1. The van der Waals surface area contributed by atoms with E-state index in [4.69, 9.17) is 5.73 Å². The summed E-state index contributed by atoms with van der Waals surface area (Å²) < 4.78 is 26.4. The fraction of sp³-hybridized carbons (Fsp3) is 0.214. The van der Waals surface area contributed by atoms with Crippen LogP contribution in [0.1, 0.15) is 11.3 Å². The first-order chi connectivity index (χ1) is 9.55. The van der Waals surface area contributed by atoms with Gasteiger partial charge in [-0.25, -0.2) is 13.1 Å². The number of hydrogen-bond donors (Lipinski definition) is 2. The zero-order valence-electron chi connectivity index (χ0n) is 11.0. The van der Waals surface area contributed by atoms with Crippen LogP contribution in [0.15, 0.2) is 48.7 Å². The topological polar surface area (TPSA) is 85.1 Å². The van der Waals surface area contributed by atoms with Crippen LogP contribution in [-0.2, 0) is 22.2 Å². The Morgan fingerprint density at radius 1 is 1.15 bits per heavy atom. The van der Waals surface area contributed by atoms with Crippen molar-refractivity contribution in [3.8, 4) is 0 Å². The van der Waals surface area contributed by atoms with Crippen molar-refractivity contribution >= 4 is 15.7 Å². The number of anilines is 1. The van der Waals surface area contributed by atoms with Crippen molar-refractivity contribution in [3.63, 3.8) is 0 Å². The lowest BCUT2D eigenvalue weighted by Crippen LogP contribution is -2.27. The highest BCUT2D eigenvalue weighted by molar-refractivity contribution is 7.88. The van der Waals surface area contributed by atoms with Gasteiger partial charge in [-0.15, -0.1) is 0 Å². The maximum atomic E-state index is 11.9. The summed E-state index contributed by atoms with van der Waals surface area (Å²) in [6, 6.07) is 12.5. The van der Waals surface area contributed by atoms with E-state index in [1.165, 1.54) is 0 Å². The van der Waals surface area contributed by atoms with Gasteiger partial charge in [0.2, 0.25) is 10.0 Å². The van der Waals surface area contributed by atoms with Crippen LogP contribution in [-0.4, -0.2) is 19.9 Å². The molecule has 0 saturated heterocycles. The predicted molar refractivity (Wildman–Crippen MR) is 79.4 cm³/mol. The second-order valence-electron chi connectivity index (χ2n) is 4.47. The van der Waals surface area contributed by atoms with Crippen molar-refractivity contribution in [2.24, 2.45) is 0 Å². The van der Waals surface area contributed by atoms with Crippen LogP contribution >= 0.6 is 0 Å². The molecule has 5 nitrogen and oxygen atoms in total. The smallest absolute Gasteiger partial charge is 0.215 e. The Bertz CT molecular complexity index is 657. The molecule has 0 saturated carbocycles. The lowest BCUT2D eigenvalue weighted by Gasteiger charge is -2.07. The van der Waals surface area contributed by atoms with Crippen LogP contribution in [0.2, 0.25) is 0 Å². The number of rotatable bonds is 6. The van der Waals surface area contributed by atoms with Crippen molar-refractivity contribution in [2.45, 2.75) is 12.2 Å². The van der Waals surface area contributed by atoms with Gasteiger partial charge in [0, 0.05) is 30.5 Å². The molecule has 0 unspecified atom stereocenters. The van der Waals surface area contributed by atoms with E-state index < -0.39 is 10.0 Å². The third-order valence-electron chi connectivity index (χ3n) is 2.74. The highest BCUT2D eigenvalue weighted by Gasteiger charge is 2.11. The highest BCUT2D eigenvalue weighted by Crippen LogP contribution is 2.09. The molecule has 0 spiro atoms. The first-order valence-electron chi connectivity index (χ1n) is 6.27. The number of nitrogen functional groups attached to an aromatic ring is 1. The average molecular weight is 291 g/mol. The van der Waals surface area contributed by atoms with Gasteiger partial charge in [-0.1, -0.05) is 18.2 Å². The van der Waals surface area contributed by atoms with Gasteiger partial charge in [-0.05, 0) is 29.8 Å². The van der Waals surface area contributed by atoms with E-state index >= 15 is 0 Å². The third-order valence-corrected chi connectivity index (χ3v) is 4.09. The summed E-state index contributed by atoms with van der Waals surface area (Å²) in [7, 11) is -3.35. The Balaban J connectivity index is 1.88. The SMILES string of the molecule is Nc1cccc(CS(=O)(=O)NCCc2ccccn2)c1. The molecule has 6 heteroatoms. The molecule has 0 bridgehead atoms. The Kier molecular flexibility index (Phi) is 4.70. The van der Waals surface area contributed by atoms with E-state index in [1.54, 1.807) is 30.5 Å². The van der Waals surface area contributed by atoms with E-state index in [1.807, 2.05) is 18.2 Å². The van der Waals surface area contributed by atoms with E-state index in [9.17, 15) is 8.42 Å². The fourth-order valence-electron chi connectivity index (χ4n) is 1.83. The van der Waals surface area contributed by atoms with Gasteiger partial charge < -0.3 is 5.73 Å². The molecule has 0 atom stereocenters. The van der Waals surface area contributed by atoms with Crippen LogP contribution in [0.5, 0.6) is 0 Å². The molecule has 20 heavy (non-hydrogen) atoms. The van der Waals surface area contributed by atoms with Gasteiger partial charge in [0.15, 0.2) is 0 Å². The standard InChI is InChI=1S/C14H17N3O2S/c15-13-5-3-4-12(10-13)11-20(18,19)17-9-7-14-6-1-2-8-16-14/h1-6,8,10,17H,7,9,11,15H2. The Labute approximate surface area is 118 Å². The number of nitrogens with zero attached hydrogens (tertiary/aromatic N) is 1. The summed E-state index contributed by atoms with van der Waals surface area (Å²) in [6.45, 7) is 0.335. The minimum atomic E-state index is -3.35. The molecule has 0 aliphatic carbocycles. The number of sulfonamides is 1. The van der Waals surface area contributed by atoms with Crippen LogP contribution in [0.4, 0.5) is 5.69 Å². The van der Waals surface area contributed by atoms with Crippen molar-refractivity contribution < 1.29 is 8.42 Å². The molecule has 106 valence electrons. The molecular formula is C14H17N3O2S. The lowest BCUT2D eigenvalue weighted by molar-refractivity contribution is 0.580. The van der Waals surface area contributed by atoms with Crippen molar-refractivity contribution in [1.29, 1.82) is 0 Å². The number of benzene rings is 1. The van der Waals surface area contributed by atoms with Crippen LogP contribution in [0, 0.1) is 0 Å². The Hall–Kier alpha value is -1.92. The minimum Gasteiger partial charge on any atom is -0.399 e. The maximum Gasteiger partial charge on any atom is 0.215 e. The van der Waals surface area contributed by atoms with Gasteiger partial charge in [-0.2, -0.15) is 0 Å². The highest BCUT2D eigenvalue weighted by atomic mass is 32.2. The monoisotopic (exact) mass is 291 g/mol. The molecular weight excluding hydrogens is 274 g/mol. The van der Waals surface area contributed by atoms with Crippen molar-refractivity contribution in [2.75, 3.05) is 12.3 Å². The molecule has 1 aromatic heterocycles.